The first-order valence-corrected chi connectivity index (χ1v) is 7.76. The van der Waals surface area contributed by atoms with Crippen LogP contribution in [-0.2, 0) is 18.4 Å². The number of fused-ring (bicyclic) bond motifs is 1. The summed E-state index contributed by atoms with van der Waals surface area (Å²) >= 11 is 3.12. The molecule has 10 heteroatoms. The average molecular weight is 393 g/mol. The zero-order valence-electron chi connectivity index (χ0n) is 12.9. The summed E-state index contributed by atoms with van der Waals surface area (Å²) in [6.07, 6.45) is 0. The van der Waals surface area contributed by atoms with Crippen molar-refractivity contribution in [3.8, 4) is 0 Å². The molecule has 0 saturated carbocycles. The van der Waals surface area contributed by atoms with Gasteiger partial charge in [-0.1, -0.05) is 12.1 Å². The number of nitro groups is 1. The summed E-state index contributed by atoms with van der Waals surface area (Å²) in [5, 5.41) is 17.4. The lowest BCUT2D eigenvalue weighted by atomic mass is 10.3. The maximum Gasteiger partial charge on any atom is 0.404 e. The second-order valence-corrected chi connectivity index (χ2v) is 5.96. The average Bonchev–Trinajstić information content (AvgIpc) is 3.00. The molecule has 3 rings (SSSR count). The van der Waals surface area contributed by atoms with Gasteiger partial charge >= 0.3 is 5.82 Å². The van der Waals surface area contributed by atoms with Crippen LogP contribution >= 0.6 is 15.9 Å². The Kier molecular flexibility index (Phi) is 4.06. The summed E-state index contributed by atoms with van der Waals surface area (Å²) in [5.41, 5.74) is 2.16. The van der Waals surface area contributed by atoms with Gasteiger partial charge in [-0.25, -0.2) is 4.98 Å². The molecule has 1 amide bonds. The van der Waals surface area contributed by atoms with Gasteiger partial charge in [0.15, 0.2) is 0 Å². The van der Waals surface area contributed by atoms with Crippen LogP contribution in [0.2, 0.25) is 0 Å². The van der Waals surface area contributed by atoms with Crippen LogP contribution in [0, 0.1) is 17.0 Å². The minimum absolute atomic E-state index is 0.151. The van der Waals surface area contributed by atoms with E-state index in [0.717, 1.165) is 11.0 Å². The third kappa shape index (κ3) is 2.75. The number of carbonyl (C=O) groups excluding carboxylic acids is 1. The lowest BCUT2D eigenvalue weighted by Crippen LogP contribution is -2.22. The van der Waals surface area contributed by atoms with Crippen molar-refractivity contribution in [3.05, 3.63) is 44.5 Å². The summed E-state index contributed by atoms with van der Waals surface area (Å²) < 4.78 is 3.31. The number of nitrogens with one attached hydrogen (secondary N) is 1. The molecule has 0 saturated heterocycles. The molecule has 0 spiro atoms. The lowest BCUT2D eigenvalue weighted by molar-refractivity contribution is -0.390. The summed E-state index contributed by atoms with van der Waals surface area (Å²) in [5.74, 6) is -0.288. The first kappa shape index (κ1) is 16.1. The molecule has 0 bridgehead atoms. The first-order chi connectivity index (χ1) is 11.4. The van der Waals surface area contributed by atoms with Gasteiger partial charge < -0.3 is 14.7 Å². The number of aromatic nitrogens is 4. The summed E-state index contributed by atoms with van der Waals surface area (Å²) in [4.78, 5) is 26.9. The van der Waals surface area contributed by atoms with Crippen molar-refractivity contribution in [2.24, 2.45) is 7.05 Å². The fourth-order valence-corrected chi connectivity index (χ4v) is 2.77. The summed E-state index contributed by atoms with van der Waals surface area (Å²) in [7, 11) is 1.80. The van der Waals surface area contributed by atoms with Gasteiger partial charge in [0.05, 0.1) is 21.8 Å². The second-order valence-electron chi connectivity index (χ2n) is 5.17. The number of aryl methyl sites for hydroxylation is 1. The number of halogens is 1. The van der Waals surface area contributed by atoms with E-state index in [-0.39, 0.29) is 22.7 Å². The highest BCUT2D eigenvalue weighted by Gasteiger charge is 2.24. The molecule has 1 N–H and O–H groups in total. The van der Waals surface area contributed by atoms with E-state index in [4.69, 9.17) is 0 Å². The van der Waals surface area contributed by atoms with Crippen molar-refractivity contribution in [2.45, 2.75) is 13.5 Å². The van der Waals surface area contributed by atoms with Gasteiger partial charge in [0.2, 0.25) is 11.9 Å². The summed E-state index contributed by atoms with van der Waals surface area (Å²) in [6.45, 7) is 1.49. The van der Waals surface area contributed by atoms with Gasteiger partial charge in [0.1, 0.15) is 11.0 Å². The predicted octanol–water partition coefficient (Wildman–Crippen LogP) is 2.39. The van der Waals surface area contributed by atoms with E-state index in [2.05, 4.69) is 31.3 Å². The molecule has 2 heterocycles. The molecule has 0 unspecified atom stereocenters. The third-order valence-corrected chi connectivity index (χ3v) is 4.55. The van der Waals surface area contributed by atoms with Crippen molar-refractivity contribution in [2.75, 3.05) is 5.32 Å². The highest BCUT2D eigenvalue weighted by molar-refractivity contribution is 9.10. The van der Waals surface area contributed by atoms with Crippen LogP contribution in [0.5, 0.6) is 0 Å². The van der Waals surface area contributed by atoms with E-state index >= 15 is 0 Å². The Morgan fingerprint density at radius 3 is 2.75 bits per heavy atom. The molecule has 0 fully saturated rings. The minimum atomic E-state index is -0.600. The number of amides is 1. The Hall–Kier alpha value is -2.75. The van der Waals surface area contributed by atoms with Crippen LogP contribution in [0.15, 0.2) is 28.7 Å². The van der Waals surface area contributed by atoms with Crippen LogP contribution in [0.4, 0.5) is 11.8 Å². The van der Waals surface area contributed by atoms with Gasteiger partial charge in [-0.05, 0) is 39.9 Å². The van der Waals surface area contributed by atoms with Crippen LogP contribution in [-0.4, -0.2) is 30.2 Å². The van der Waals surface area contributed by atoms with Crippen molar-refractivity contribution in [3.63, 3.8) is 0 Å². The summed E-state index contributed by atoms with van der Waals surface area (Å²) in [6, 6.07) is 7.50. The monoisotopic (exact) mass is 392 g/mol. The van der Waals surface area contributed by atoms with Crippen LogP contribution in [0.3, 0.4) is 0 Å². The molecule has 1 aromatic carbocycles. The smallest absolute Gasteiger partial charge is 0.358 e. The molecule has 124 valence electrons. The number of para-hydroxylation sites is 2. The third-order valence-electron chi connectivity index (χ3n) is 3.62. The van der Waals surface area contributed by atoms with E-state index in [1.807, 2.05) is 24.3 Å². The van der Waals surface area contributed by atoms with Crippen LogP contribution in [0.1, 0.15) is 5.69 Å². The number of nitrogens with zero attached hydrogens (tertiary/aromatic N) is 5. The van der Waals surface area contributed by atoms with Gasteiger partial charge in [-0.15, -0.1) is 0 Å². The van der Waals surface area contributed by atoms with Gasteiger partial charge in [0, 0.05) is 7.05 Å². The highest BCUT2D eigenvalue weighted by atomic mass is 79.9. The molecular weight excluding hydrogens is 380 g/mol. The van der Waals surface area contributed by atoms with E-state index in [0.29, 0.717) is 11.6 Å². The Balaban J connectivity index is 1.82. The van der Waals surface area contributed by atoms with Gasteiger partial charge in [0.25, 0.3) is 0 Å². The van der Waals surface area contributed by atoms with E-state index in [1.165, 1.54) is 4.68 Å². The maximum atomic E-state index is 12.2. The standard InChI is InChI=1S/C14H13BrN6O3/c1-8-12(15)13(21(23)24)18-20(8)7-11(22)17-14-16-9-5-3-4-6-10(9)19(14)2/h3-6H,7H2,1-2H3,(H,16,17,22). The number of hydrogen-bond donors (Lipinski definition) is 1. The van der Waals surface area contributed by atoms with Crippen molar-refractivity contribution in [1.82, 2.24) is 19.3 Å². The molecule has 0 radical (unpaired) electrons. The molecule has 0 aliphatic rings. The van der Waals surface area contributed by atoms with E-state index in [9.17, 15) is 14.9 Å². The number of carbonyl (C=O) groups is 1. The van der Waals surface area contributed by atoms with Crippen LogP contribution < -0.4 is 5.32 Å². The molecule has 0 atom stereocenters. The Morgan fingerprint density at radius 1 is 1.42 bits per heavy atom. The van der Waals surface area contributed by atoms with Crippen LogP contribution in [0.25, 0.3) is 11.0 Å². The topological polar surface area (TPSA) is 108 Å². The maximum absolute atomic E-state index is 12.2. The molecular formula is C14H13BrN6O3. The number of anilines is 1. The lowest BCUT2D eigenvalue weighted by Gasteiger charge is -2.04. The van der Waals surface area contributed by atoms with Crippen molar-refractivity contribution in [1.29, 1.82) is 0 Å². The minimum Gasteiger partial charge on any atom is -0.358 e. The molecule has 3 aromatic rings. The largest absolute Gasteiger partial charge is 0.404 e. The Labute approximate surface area is 144 Å². The van der Waals surface area contributed by atoms with E-state index < -0.39 is 4.92 Å². The molecule has 24 heavy (non-hydrogen) atoms. The van der Waals surface area contributed by atoms with Crippen molar-refractivity contribution < 1.29 is 9.72 Å². The number of benzene rings is 1. The second kappa shape index (κ2) is 6.04. The number of hydrogen-bond acceptors (Lipinski definition) is 5. The number of rotatable bonds is 4. The van der Waals surface area contributed by atoms with Gasteiger partial charge in [-0.2, -0.15) is 4.68 Å². The predicted molar refractivity (Wildman–Crippen MR) is 90.7 cm³/mol. The molecule has 0 aliphatic carbocycles. The Bertz CT molecular complexity index is 961. The SMILES string of the molecule is Cc1c(Br)c([N+](=O)[O-])nn1CC(=O)Nc1nc2ccccc2n1C. The zero-order chi connectivity index (χ0) is 17.4. The number of imidazole rings is 1. The Morgan fingerprint density at radius 2 is 2.12 bits per heavy atom. The van der Waals surface area contributed by atoms with Gasteiger partial charge in [-0.3, -0.25) is 10.1 Å². The van der Waals surface area contributed by atoms with E-state index in [1.54, 1.807) is 18.5 Å². The zero-order valence-corrected chi connectivity index (χ0v) is 14.4. The first-order valence-electron chi connectivity index (χ1n) is 6.97. The van der Waals surface area contributed by atoms with Crippen molar-refractivity contribution >= 4 is 44.6 Å². The fraction of sp³-hybridized carbons (Fsp3) is 0.214. The molecule has 2 aromatic heterocycles. The fourth-order valence-electron chi connectivity index (χ4n) is 2.34. The highest BCUT2D eigenvalue weighted by Crippen LogP contribution is 2.27. The quantitative estimate of drug-likeness (QED) is 0.541. The molecule has 0 aliphatic heterocycles. The molecule has 9 nitrogen and oxygen atoms in total. The normalized spacial score (nSPS) is 11.0.